The standard InChI is InChI=1S/C14H28N2O2/c1-17-9-5-15-10-13-2-6-16(7-3-13)11-14-4-8-18-12-14/h13-15H,2-12H2,1H3. The van der Waals surface area contributed by atoms with E-state index in [0.717, 1.165) is 44.7 Å². The Morgan fingerprint density at radius 3 is 2.72 bits per heavy atom. The van der Waals surface area contributed by atoms with Gasteiger partial charge in [0.15, 0.2) is 0 Å². The molecular weight excluding hydrogens is 228 g/mol. The van der Waals surface area contributed by atoms with Gasteiger partial charge in [-0.1, -0.05) is 0 Å². The zero-order valence-electron chi connectivity index (χ0n) is 11.7. The maximum absolute atomic E-state index is 5.45. The highest BCUT2D eigenvalue weighted by atomic mass is 16.5. The fourth-order valence-electron chi connectivity index (χ4n) is 2.95. The molecule has 2 rings (SSSR count). The Bertz CT molecular complexity index is 212. The molecule has 1 atom stereocenters. The monoisotopic (exact) mass is 256 g/mol. The summed E-state index contributed by atoms with van der Waals surface area (Å²) in [5.74, 6) is 1.65. The van der Waals surface area contributed by atoms with E-state index in [-0.39, 0.29) is 0 Å². The van der Waals surface area contributed by atoms with Gasteiger partial charge in [0, 0.05) is 26.8 Å². The number of hydrogen-bond donors (Lipinski definition) is 1. The van der Waals surface area contributed by atoms with Gasteiger partial charge in [0.2, 0.25) is 0 Å². The summed E-state index contributed by atoms with van der Waals surface area (Å²) in [5, 5.41) is 3.48. The molecule has 2 saturated heterocycles. The van der Waals surface area contributed by atoms with Crippen LogP contribution in [0, 0.1) is 11.8 Å². The Morgan fingerprint density at radius 2 is 2.06 bits per heavy atom. The molecule has 2 fully saturated rings. The van der Waals surface area contributed by atoms with Gasteiger partial charge in [-0.2, -0.15) is 0 Å². The number of methoxy groups -OCH3 is 1. The summed E-state index contributed by atoms with van der Waals surface area (Å²) < 4.78 is 10.5. The number of ether oxygens (including phenoxy) is 2. The minimum absolute atomic E-state index is 0.793. The van der Waals surface area contributed by atoms with E-state index < -0.39 is 0 Å². The second kappa shape index (κ2) is 8.10. The minimum atomic E-state index is 0.793. The van der Waals surface area contributed by atoms with E-state index in [0.29, 0.717) is 0 Å². The number of hydrogen-bond acceptors (Lipinski definition) is 4. The van der Waals surface area contributed by atoms with E-state index in [1.54, 1.807) is 7.11 Å². The predicted octanol–water partition coefficient (Wildman–Crippen LogP) is 0.971. The lowest BCUT2D eigenvalue weighted by molar-refractivity contribution is 0.138. The largest absolute Gasteiger partial charge is 0.383 e. The van der Waals surface area contributed by atoms with Crippen LogP contribution in [-0.2, 0) is 9.47 Å². The highest BCUT2D eigenvalue weighted by Crippen LogP contribution is 2.20. The first-order valence-electron chi connectivity index (χ1n) is 7.38. The van der Waals surface area contributed by atoms with Crippen LogP contribution in [0.2, 0.25) is 0 Å². The molecule has 4 heteroatoms. The summed E-state index contributed by atoms with van der Waals surface area (Å²) in [6.45, 7) is 8.72. The van der Waals surface area contributed by atoms with Crippen molar-refractivity contribution in [1.82, 2.24) is 10.2 Å². The van der Waals surface area contributed by atoms with E-state index in [1.165, 1.54) is 38.9 Å². The van der Waals surface area contributed by atoms with Crippen LogP contribution < -0.4 is 5.32 Å². The van der Waals surface area contributed by atoms with Gasteiger partial charge in [0.1, 0.15) is 0 Å². The van der Waals surface area contributed by atoms with Crippen molar-refractivity contribution in [2.24, 2.45) is 11.8 Å². The summed E-state index contributed by atoms with van der Waals surface area (Å²) in [6, 6.07) is 0. The van der Waals surface area contributed by atoms with Crippen molar-refractivity contribution in [3.8, 4) is 0 Å². The molecule has 2 heterocycles. The molecule has 0 saturated carbocycles. The lowest BCUT2D eigenvalue weighted by Crippen LogP contribution is -2.40. The van der Waals surface area contributed by atoms with Crippen molar-refractivity contribution in [3.63, 3.8) is 0 Å². The molecule has 1 unspecified atom stereocenters. The van der Waals surface area contributed by atoms with Crippen LogP contribution in [0.25, 0.3) is 0 Å². The molecule has 0 aliphatic carbocycles. The number of nitrogens with one attached hydrogen (secondary N) is 1. The summed E-state index contributed by atoms with van der Waals surface area (Å²) in [7, 11) is 1.76. The van der Waals surface area contributed by atoms with Crippen molar-refractivity contribution in [2.75, 3.05) is 59.7 Å². The summed E-state index contributed by atoms with van der Waals surface area (Å²) >= 11 is 0. The third-order valence-corrected chi connectivity index (χ3v) is 4.16. The number of likely N-dealkylation sites (tertiary alicyclic amines) is 1. The molecule has 0 spiro atoms. The van der Waals surface area contributed by atoms with Gasteiger partial charge in [-0.05, 0) is 50.7 Å². The zero-order valence-corrected chi connectivity index (χ0v) is 11.7. The predicted molar refractivity (Wildman–Crippen MR) is 72.8 cm³/mol. The van der Waals surface area contributed by atoms with E-state index >= 15 is 0 Å². The Hall–Kier alpha value is -0.160. The van der Waals surface area contributed by atoms with E-state index in [9.17, 15) is 0 Å². The van der Waals surface area contributed by atoms with Crippen LogP contribution in [0.1, 0.15) is 19.3 Å². The van der Waals surface area contributed by atoms with Crippen molar-refractivity contribution in [1.29, 1.82) is 0 Å². The molecule has 106 valence electrons. The first-order chi connectivity index (χ1) is 8.88. The molecule has 2 aliphatic rings. The first-order valence-corrected chi connectivity index (χ1v) is 7.38. The van der Waals surface area contributed by atoms with Crippen LogP contribution in [0.15, 0.2) is 0 Å². The average Bonchev–Trinajstić information content (AvgIpc) is 2.89. The number of nitrogens with zero attached hydrogens (tertiary/aromatic N) is 1. The van der Waals surface area contributed by atoms with Gasteiger partial charge in [-0.3, -0.25) is 0 Å². The highest BCUT2D eigenvalue weighted by molar-refractivity contribution is 4.77. The number of piperidine rings is 1. The summed E-state index contributed by atoms with van der Waals surface area (Å²) in [6.07, 6.45) is 3.94. The molecular formula is C14H28N2O2. The molecule has 2 aliphatic heterocycles. The van der Waals surface area contributed by atoms with E-state index in [1.807, 2.05) is 0 Å². The second-order valence-electron chi connectivity index (χ2n) is 5.67. The molecule has 0 aromatic carbocycles. The summed E-state index contributed by atoms with van der Waals surface area (Å²) in [4.78, 5) is 2.63. The lowest BCUT2D eigenvalue weighted by Gasteiger charge is -2.33. The Morgan fingerprint density at radius 1 is 1.22 bits per heavy atom. The van der Waals surface area contributed by atoms with E-state index in [4.69, 9.17) is 9.47 Å². The third kappa shape index (κ3) is 4.84. The van der Waals surface area contributed by atoms with Gasteiger partial charge in [-0.25, -0.2) is 0 Å². The molecule has 0 amide bonds. The normalized spacial score (nSPS) is 26.8. The maximum Gasteiger partial charge on any atom is 0.0587 e. The van der Waals surface area contributed by atoms with Crippen molar-refractivity contribution >= 4 is 0 Å². The Balaban J connectivity index is 1.53. The molecule has 0 bridgehead atoms. The van der Waals surface area contributed by atoms with Crippen LogP contribution in [0.4, 0.5) is 0 Å². The molecule has 18 heavy (non-hydrogen) atoms. The van der Waals surface area contributed by atoms with Gasteiger partial charge in [0.05, 0.1) is 13.2 Å². The Labute approximate surface area is 111 Å². The second-order valence-corrected chi connectivity index (χ2v) is 5.67. The van der Waals surface area contributed by atoms with Gasteiger partial charge < -0.3 is 19.7 Å². The van der Waals surface area contributed by atoms with Crippen molar-refractivity contribution in [3.05, 3.63) is 0 Å². The van der Waals surface area contributed by atoms with Crippen LogP contribution in [0.5, 0.6) is 0 Å². The quantitative estimate of drug-likeness (QED) is 0.688. The minimum Gasteiger partial charge on any atom is -0.383 e. The topological polar surface area (TPSA) is 33.7 Å². The number of rotatable bonds is 7. The Kier molecular flexibility index (Phi) is 6.41. The maximum atomic E-state index is 5.45. The fraction of sp³-hybridized carbons (Fsp3) is 1.00. The van der Waals surface area contributed by atoms with Crippen molar-refractivity contribution < 1.29 is 9.47 Å². The van der Waals surface area contributed by atoms with Crippen LogP contribution in [-0.4, -0.2) is 64.6 Å². The molecule has 0 aromatic rings. The summed E-state index contributed by atoms with van der Waals surface area (Å²) in [5.41, 5.74) is 0. The van der Waals surface area contributed by atoms with Gasteiger partial charge >= 0.3 is 0 Å². The lowest BCUT2D eigenvalue weighted by atomic mass is 9.95. The molecule has 4 nitrogen and oxygen atoms in total. The first kappa shape index (κ1) is 14.3. The van der Waals surface area contributed by atoms with E-state index in [2.05, 4.69) is 10.2 Å². The SMILES string of the molecule is COCCNCC1CCN(CC2CCOC2)CC1. The fourth-order valence-corrected chi connectivity index (χ4v) is 2.95. The van der Waals surface area contributed by atoms with Gasteiger partial charge in [-0.15, -0.1) is 0 Å². The zero-order chi connectivity index (χ0) is 12.6. The molecule has 0 aromatic heterocycles. The van der Waals surface area contributed by atoms with Crippen molar-refractivity contribution in [2.45, 2.75) is 19.3 Å². The van der Waals surface area contributed by atoms with Crippen LogP contribution in [0.3, 0.4) is 0 Å². The van der Waals surface area contributed by atoms with Crippen LogP contribution >= 0.6 is 0 Å². The van der Waals surface area contributed by atoms with Gasteiger partial charge in [0.25, 0.3) is 0 Å². The molecule has 1 N–H and O–H groups in total. The molecule has 0 radical (unpaired) electrons. The smallest absolute Gasteiger partial charge is 0.0587 e. The highest BCUT2D eigenvalue weighted by Gasteiger charge is 2.23. The third-order valence-electron chi connectivity index (χ3n) is 4.16. The average molecular weight is 256 g/mol.